The van der Waals surface area contributed by atoms with Gasteiger partial charge in [-0.05, 0) is 0 Å². The van der Waals surface area contributed by atoms with Crippen molar-refractivity contribution in [1.29, 1.82) is 0 Å². The Morgan fingerprint density at radius 2 is 1.77 bits per heavy atom. The summed E-state index contributed by atoms with van der Waals surface area (Å²) in [6.45, 7) is 8.90. The number of carbonyl (C=O) groups is 1. The number of hydrogen-bond donors (Lipinski definition) is 1. The first-order valence-corrected chi connectivity index (χ1v) is 11.8. The van der Waals surface area contributed by atoms with Gasteiger partial charge < -0.3 is 0 Å². The molecule has 1 N–H and O–H groups in total. The van der Waals surface area contributed by atoms with E-state index in [0.717, 1.165) is 28.4 Å². The second kappa shape index (κ2) is 8.72. The number of allylic oxidation sites excluding steroid dienone is 1. The fourth-order valence-corrected chi connectivity index (χ4v) is 5.23. The zero-order chi connectivity index (χ0) is 21.9. The van der Waals surface area contributed by atoms with E-state index < -0.39 is 5.97 Å². The summed E-state index contributed by atoms with van der Waals surface area (Å²) in [5, 5.41) is 10.8. The fraction of sp³-hybridized carbons (Fsp3) is 0.346. The predicted octanol–water partition coefficient (Wildman–Crippen LogP) is 4.29. The molecule has 156 valence electrons. The van der Waals surface area contributed by atoms with Gasteiger partial charge in [0.15, 0.2) is 0 Å². The second-order valence-corrected chi connectivity index (χ2v) is 10.8. The number of rotatable bonds is 3. The maximum atomic E-state index is 11.8. The number of benzene rings is 2. The normalized spacial score (nSPS) is 16.8. The number of phenolic OH excluding ortho intramolecular Hbond substituents is 1. The van der Waals surface area contributed by atoms with Crippen LogP contribution >= 0.6 is 0 Å². The molecule has 0 bridgehead atoms. The van der Waals surface area contributed by atoms with Gasteiger partial charge in [0, 0.05) is 0 Å². The van der Waals surface area contributed by atoms with Crippen LogP contribution < -0.4 is 4.46 Å². The zero-order valence-electron chi connectivity index (χ0n) is 18.2. The van der Waals surface area contributed by atoms with Crippen LogP contribution in [0.2, 0.25) is 0 Å². The molecule has 3 rings (SSSR count). The van der Waals surface area contributed by atoms with Gasteiger partial charge in [0.05, 0.1) is 0 Å². The average molecular weight is 467 g/mol. The first-order chi connectivity index (χ1) is 14.1. The van der Waals surface area contributed by atoms with E-state index in [1.807, 2.05) is 36.4 Å². The zero-order valence-corrected chi connectivity index (χ0v) is 19.9. The SMILES string of the molecule is COC(=O)C=C(C#C[Se]c1cc(O)c2c(c1)C(C)(C)CCC2(C)C)c1ccccc1. The van der Waals surface area contributed by atoms with E-state index in [1.54, 1.807) is 0 Å². The van der Waals surface area contributed by atoms with E-state index in [-0.39, 0.29) is 25.8 Å². The van der Waals surface area contributed by atoms with Crippen molar-refractivity contribution < 1.29 is 14.6 Å². The van der Waals surface area contributed by atoms with Gasteiger partial charge >= 0.3 is 186 Å². The Hall–Kier alpha value is -2.47. The van der Waals surface area contributed by atoms with Crippen molar-refractivity contribution in [1.82, 2.24) is 0 Å². The third kappa shape index (κ3) is 4.81. The molecule has 0 unspecified atom stereocenters. The Kier molecular flexibility index (Phi) is 6.46. The van der Waals surface area contributed by atoms with Crippen LogP contribution in [0.4, 0.5) is 0 Å². The number of aromatic hydroxyl groups is 1. The van der Waals surface area contributed by atoms with Gasteiger partial charge in [-0.3, -0.25) is 0 Å². The number of methoxy groups -OCH3 is 1. The molecule has 0 aromatic heterocycles. The first-order valence-electron chi connectivity index (χ1n) is 10.0. The van der Waals surface area contributed by atoms with Crippen LogP contribution in [0, 0.1) is 10.7 Å². The number of phenols is 1. The standard InChI is InChI=1S/C26H28O3Se/c1-25(2)12-13-26(3,4)24-21(25)16-20(17-22(24)27)30-14-11-19(15-23(28)29-5)18-9-7-6-8-10-18/h6-10,15-17,27H,12-13H2,1-5H3. The number of carbonyl (C=O) groups excluding carboxylic acids is 1. The van der Waals surface area contributed by atoms with Crippen molar-refractivity contribution in [3.63, 3.8) is 0 Å². The van der Waals surface area contributed by atoms with Crippen molar-refractivity contribution in [3.8, 4) is 16.5 Å². The second-order valence-electron chi connectivity index (χ2n) is 8.91. The third-order valence-corrected chi connectivity index (χ3v) is 7.19. The van der Waals surface area contributed by atoms with Crippen molar-refractivity contribution in [2.75, 3.05) is 7.11 Å². The van der Waals surface area contributed by atoms with Crippen LogP contribution in [0.15, 0.2) is 48.5 Å². The van der Waals surface area contributed by atoms with Gasteiger partial charge in [0.25, 0.3) is 0 Å². The van der Waals surface area contributed by atoms with E-state index in [1.165, 1.54) is 18.7 Å². The van der Waals surface area contributed by atoms with E-state index in [4.69, 9.17) is 4.74 Å². The molecule has 0 atom stereocenters. The van der Waals surface area contributed by atoms with Crippen molar-refractivity contribution in [3.05, 3.63) is 65.2 Å². The van der Waals surface area contributed by atoms with Gasteiger partial charge in [0.1, 0.15) is 0 Å². The van der Waals surface area contributed by atoms with Gasteiger partial charge in [-0.1, -0.05) is 0 Å². The van der Waals surface area contributed by atoms with Crippen LogP contribution in [0.1, 0.15) is 57.2 Å². The predicted molar refractivity (Wildman–Crippen MR) is 123 cm³/mol. The first kappa shape index (κ1) is 22.2. The van der Waals surface area contributed by atoms with E-state index in [2.05, 4.69) is 44.5 Å². The molecule has 0 aliphatic heterocycles. The summed E-state index contributed by atoms with van der Waals surface area (Å²) in [6, 6.07) is 13.7. The Balaban J connectivity index is 1.95. The molecule has 1 aliphatic rings. The maximum absolute atomic E-state index is 11.8. The summed E-state index contributed by atoms with van der Waals surface area (Å²) in [7, 11) is 1.36. The molecule has 3 nitrogen and oxygen atoms in total. The summed E-state index contributed by atoms with van der Waals surface area (Å²) in [6.07, 6.45) is 3.58. The molecule has 2 aromatic carbocycles. The topological polar surface area (TPSA) is 46.5 Å². The Morgan fingerprint density at radius 1 is 1.10 bits per heavy atom. The van der Waals surface area contributed by atoms with Crippen molar-refractivity contribution >= 4 is 31.0 Å². The molecule has 2 aromatic rings. The van der Waals surface area contributed by atoms with Crippen LogP contribution in [0.25, 0.3) is 5.57 Å². The molecular weight excluding hydrogens is 439 g/mol. The minimum absolute atomic E-state index is 0.0296. The molecule has 0 spiro atoms. The molecule has 4 heteroatoms. The van der Waals surface area contributed by atoms with Gasteiger partial charge in [-0.25, -0.2) is 0 Å². The molecule has 0 heterocycles. The molecule has 1 aliphatic carbocycles. The summed E-state index contributed by atoms with van der Waals surface area (Å²) >= 11 is -0.159. The quantitative estimate of drug-likeness (QED) is 0.317. The minimum atomic E-state index is -0.425. The Morgan fingerprint density at radius 3 is 2.43 bits per heavy atom. The van der Waals surface area contributed by atoms with Gasteiger partial charge in [-0.15, -0.1) is 0 Å². The van der Waals surface area contributed by atoms with Crippen molar-refractivity contribution in [2.24, 2.45) is 0 Å². The monoisotopic (exact) mass is 468 g/mol. The molecule has 30 heavy (non-hydrogen) atoms. The van der Waals surface area contributed by atoms with Gasteiger partial charge in [-0.2, -0.15) is 0 Å². The van der Waals surface area contributed by atoms with Crippen molar-refractivity contribution in [2.45, 2.75) is 51.4 Å². The van der Waals surface area contributed by atoms with E-state index in [0.29, 0.717) is 11.3 Å². The number of fused-ring (bicyclic) bond motifs is 1. The Labute approximate surface area is 185 Å². The molecule has 0 radical (unpaired) electrons. The van der Waals surface area contributed by atoms with E-state index in [9.17, 15) is 9.90 Å². The summed E-state index contributed by atoms with van der Waals surface area (Å²) in [5.41, 5.74) is 3.81. The number of hydrogen-bond acceptors (Lipinski definition) is 3. The summed E-state index contributed by atoms with van der Waals surface area (Å²) in [4.78, 5) is 15.0. The molecular formula is C26H28O3Se. The fourth-order valence-electron chi connectivity index (χ4n) is 3.92. The molecule has 0 saturated carbocycles. The van der Waals surface area contributed by atoms with Crippen LogP contribution in [-0.2, 0) is 20.4 Å². The molecule has 0 fully saturated rings. The average Bonchev–Trinajstić information content (AvgIpc) is 2.71. The van der Waals surface area contributed by atoms with E-state index >= 15 is 0 Å². The van der Waals surface area contributed by atoms with Crippen LogP contribution in [0.5, 0.6) is 5.75 Å². The van der Waals surface area contributed by atoms with Crippen LogP contribution in [-0.4, -0.2) is 33.1 Å². The van der Waals surface area contributed by atoms with Crippen LogP contribution in [0.3, 0.4) is 0 Å². The van der Waals surface area contributed by atoms with Gasteiger partial charge in [0.2, 0.25) is 0 Å². The number of ether oxygens (including phenoxy) is 1. The Bertz CT molecular complexity index is 1040. The molecule has 0 amide bonds. The number of esters is 1. The summed E-state index contributed by atoms with van der Waals surface area (Å²) in [5.74, 6) is 3.09. The summed E-state index contributed by atoms with van der Waals surface area (Å²) < 4.78 is 5.82. The third-order valence-electron chi connectivity index (χ3n) is 5.77. The molecule has 0 saturated heterocycles.